The van der Waals surface area contributed by atoms with Crippen LogP contribution in [0.4, 0.5) is 8.78 Å². The predicted octanol–water partition coefficient (Wildman–Crippen LogP) is 1.46. The summed E-state index contributed by atoms with van der Waals surface area (Å²) in [5.41, 5.74) is -0.0526. The van der Waals surface area contributed by atoms with E-state index < -0.39 is 17.7 Å². The van der Waals surface area contributed by atoms with Crippen molar-refractivity contribution in [2.75, 3.05) is 27.2 Å². The third kappa shape index (κ3) is 5.22. The van der Waals surface area contributed by atoms with Gasteiger partial charge in [0.2, 0.25) is 5.91 Å². The van der Waals surface area contributed by atoms with E-state index in [1.807, 2.05) is 0 Å². The molecule has 1 amide bonds. The van der Waals surface area contributed by atoms with Crippen LogP contribution in [0.25, 0.3) is 0 Å². The molecule has 0 spiro atoms. The maximum absolute atomic E-state index is 13.5. The van der Waals surface area contributed by atoms with Crippen molar-refractivity contribution in [3.05, 3.63) is 35.4 Å². The van der Waals surface area contributed by atoms with Crippen molar-refractivity contribution >= 4 is 5.91 Å². The van der Waals surface area contributed by atoms with E-state index in [1.165, 1.54) is 0 Å². The first-order chi connectivity index (χ1) is 9.43. The molecule has 0 aliphatic carbocycles. The summed E-state index contributed by atoms with van der Waals surface area (Å²) in [5.74, 6) is -1.25. The maximum Gasteiger partial charge on any atom is 0.219 e. The predicted molar refractivity (Wildman–Crippen MR) is 72.1 cm³/mol. The second-order valence-corrected chi connectivity index (χ2v) is 4.72. The number of amides is 1. The first kappa shape index (κ1) is 16.5. The highest BCUT2D eigenvalue weighted by molar-refractivity contribution is 5.75. The van der Waals surface area contributed by atoms with Crippen molar-refractivity contribution in [1.82, 2.24) is 10.2 Å². The first-order valence-corrected chi connectivity index (χ1v) is 6.46. The summed E-state index contributed by atoms with van der Waals surface area (Å²) in [4.78, 5) is 12.8. The van der Waals surface area contributed by atoms with Crippen LogP contribution in [-0.2, 0) is 4.79 Å². The summed E-state index contributed by atoms with van der Waals surface area (Å²) in [6.07, 6.45) is -0.0736. The van der Waals surface area contributed by atoms with Gasteiger partial charge in [-0.1, -0.05) is 0 Å². The zero-order valence-electron chi connectivity index (χ0n) is 11.7. The third-order valence-corrected chi connectivity index (χ3v) is 3.02. The molecule has 1 aromatic carbocycles. The Morgan fingerprint density at radius 2 is 2.15 bits per heavy atom. The quantitative estimate of drug-likeness (QED) is 0.798. The van der Waals surface area contributed by atoms with Gasteiger partial charge in [-0.3, -0.25) is 4.79 Å². The van der Waals surface area contributed by atoms with Gasteiger partial charge in [-0.2, -0.15) is 0 Å². The van der Waals surface area contributed by atoms with Gasteiger partial charge in [0.15, 0.2) is 0 Å². The van der Waals surface area contributed by atoms with E-state index in [2.05, 4.69) is 5.32 Å². The number of halogens is 2. The standard InChI is InChI=1S/C14H20F2N2O2/c1-17-14(20)4-3-7-18(2)9-13(19)11-8-10(15)5-6-12(11)16/h5-6,8,13,19H,3-4,7,9H2,1-2H3,(H,17,20). The molecule has 0 aliphatic heterocycles. The summed E-state index contributed by atoms with van der Waals surface area (Å²) >= 11 is 0. The topological polar surface area (TPSA) is 52.6 Å². The van der Waals surface area contributed by atoms with E-state index in [9.17, 15) is 18.7 Å². The largest absolute Gasteiger partial charge is 0.387 e. The second-order valence-electron chi connectivity index (χ2n) is 4.72. The van der Waals surface area contributed by atoms with Crippen LogP contribution >= 0.6 is 0 Å². The number of aliphatic hydroxyl groups is 1. The molecule has 0 saturated heterocycles. The smallest absolute Gasteiger partial charge is 0.219 e. The van der Waals surface area contributed by atoms with Gasteiger partial charge in [0.05, 0.1) is 6.10 Å². The van der Waals surface area contributed by atoms with Crippen LogP contribution in [0.2, 0.25) is 0 Å². The molecule has 1 aromatic rings. The number of rotatable bonds is 7. The average Bonchev–Trinajstić information content (AvgIpc) is 2.41. The van der Waals surface area contributed by atoms with Gasteiger partial charge in [-0.25, -0.2) is 8.78 Å². The van der Waals surface area contributed by atoms with Crippen LogP contribution in [0.15, 0.2) is 18.2 Å². The number of aliphatic hydroxyl groups excluding tert-OH is 1. The van der Waals surface area contributed by atoms with Crippen molar-refractivity contribution < 1.29 is 18.7 Å². The lowest BCUT2D eigenvalue weighted by atomic mass is 10.1. The number of hydrogen-bond donors (Lipinski definition) is 2. The SMILES string of the molecule is CNC(=O)CCCN(C)CC(O)c1cc(F)ccc1F. The molecule has 0 aromatic heterocycles. The lowest BCUT2D eigenvalue weighted by Gasteiger charge is -2.21. The Hall–Kier alpha value is -1.53. The van der Waals surface area contributed by atoms with Crippen LogP contribution in [0, 0.1) is 11.6 Å². The fourth-order valence-electron chi connectivity index (χ4n) is 1.89. The Balaban J connectivity index is 2.46. The minimum atomic E-state index is -1.10. The molecule has 0 aliphatic rings. The van der Waals surface area contributed by atoms with E-state index >= 15 is 0 Å². The minimum absolute atomic E-state index is 0.0462. The normalized spacial score (nSPS) is 12.5. The second kappa shape index (κ2) is 7.91. The van der Waals surface area contributed by atoms with Gasteiger partial charge in [-0.05, 0) is 38.2 Å². The van der Waals surface area contributed by atoms with Crippen LogP contribution in [0.5, 0.6) is 0 Å². The van der Waals surface area contributed by atoms with Crippen LogP contribution in [-0.4, -0.2) is 43.1 Å². The number of carbonyl (C=O) groups excluding carboxylic acids is 1. The molecule has 0 radical (unpaired) electrons. The van der Waals surface area contributed by atoms with Gasteiger partial charge in [0.1, 0.15) is 11.6 Å². The molecule has 0 fully saturated rings. The van der Waals surface area contributed by atoms with Gasteiger partial charge in [-0.15, -0.1) is 0 Å². The summed E-state index contributed by atoms with van der Waals surface area (Å²) in [6, 6.07) is 3.01. The van der Waals surface area contributed by atoms with E-state index in [-0.39, 0.29) is 18.0 Å². The Kier molecular flexibility index (Phi) is 6.54. The molecule has 4 nitrogen and oxygen atoms in total. The summed E-state index contributed by atoms with van der Waals surface area (Å²) in [5, 5.41) is 12.4. The molecule has 0 bridgehead atoms. The van der Waals surface area contributed by atoms with Gasteiger partial charge in [0, 0.05) is 25.6 Å². The van der Waals surface area contributed by atoms with E-state index in [0.29, 0.717) is 19.4 Å². The van der Waals surface area contributed by atoms with Gasteiger partial charge >= 0.3 is 0 Å². The molecule has 0 saturated carbocycles. The van der Waals surface area contributed by atoms with Crippen molar-refractivity contribution in [2.45, 2.75) is 18.9 Å². The zero-order valence-corrected chi connectivity index (χ0v) is 11.7. The lowest BCUT2D eigenvalue weighted by Crippen LogP contribution is -2.27. The molecule has 1 rings (SSSR count). The zero-order chi connectivity index (χ0) is 15.1. The van der Waals surface area contributed by atoms with Crippen LogP contribution < -0.4 is 5.32 Å². The highest BCUT2D eigenvalue weighted by atomic mass is 19.1. The van der Waals surface area contributed by atoms with E-state index in [0.717, 1.165) is 18.2 Å². The molecule has 1 unspecified atom stereocenters. The molecule has 20 heavy (non-hydrogen) atoms. The van der Waals surface area contributed by atoms with Crippen molar-refractivity contribution in [3.8, 4) is 0 Å². The van der Waals surface area contributed by atoms with Crippen molar-refractivity contribution in [1.29, 1.82) is 0 Å². The average molecular weight is 286 g/mol. The number of hydrogen-bond acceptors (Lipinski definition) is 3. The number of nitrogens with one attached hydrogen (secondary N) is 1. The molecule has 0 heterocycles. The monoisotopic (exact) mass is 286 g/mol. The highest BCUT2D eigenvalue weighted by Gasteiger charge is 2.15. The lowest BCUT2D eigenvalue weighted by molar-refractivity contribution is -0.120. The van der Waals surface area contributed by atoms with E-state index in [4.69, 9.17) is 0 Å². The third-order valence-electron chi connectivity index (χ3n) is 3.02. The Morgan fingerprint density at radius 3 is 2.80 bits per heavy atom. The minimum Gasteiger partial charge on any atom is -0.387 e. The molecular weight excluding hydrogens is 266 g/mol. The molecule has 1 atom stereocenters. The van der Waals surface area contributed by atoms with Crippen LogP contribution in [0.3, 0.4) is 0 Å². The molecule has 2 N–H and O–H groups in total. The summed E-state index contributed by atoms with van der Waals surface area (Å²) < 4.78 is 26.5. The van der Waals surface area contributed by atoms with Crippen molar-refractivity contribution in [3.63, 3.8) is 0 Å². The molecule has 112 valence electrons. The Morgan fingerprint density at radius 1 is 1.45 bits per heavy atom. The van der Waals surface area contributed by atoms with Crippen molar-refractivity contribution in [2.24, 2.45) is 0 Å². The fraction of sp³-hybridized carbons (Fsp3) is 0.500. The van der Waals surface area contributed by atoms with Crippen LogP contribution in [0.1, 0.15) is 24.5 Å². The number of nitrogens with zero attached hydrogens (tertiary/aromatic N) is 1. The van der Waals surface area contributed by atoms with E-state index in [1.54, 1.807) is 19.0 Å². The number of likely N-dealkylation sites (N-methyl/N-ethyl adjacent to an activating group) is 1. The first-order valence-electron chi connectivity index (χ1n) is 6.46. The maximum atomic E-state index is 13.5. The molecule has 6 heteroatoms. The molecular formula is C14H20F2N2O2. The Bertz CT molecular complexity index is 455. The van der Waals surface area contributed by atoms with Gasteiger partial charge in [0.25, 0.3) is 0 Å². The fourth-order valence-corrected chi connectivity index (χ4v) is 1.89. The highest BCUT2D eigenvalue weighted by Crippen LogP contribution is 2.19. The number of carbonyl (C=O) groups is 1. The van der Waals surface area contributed by atoms with Gasteiger partial charge < -0.3 is 15.3 Å². The summed E-state index contributed by atoms with van der Waals surface area (Å²) in [6.45, 7) is 0.759. The summed E-state index contributed by atoms with van der Waals surface area (Å²) in [7, 11) is 3.33. The Labute approximate surface area is 117 Å². The number of benzene rings is 1.